The molecule has 1 atom stereocenters. The molecule has 1 aromatic rings. The van der Waals surface area contributed by atoms with E-state index < -0.39 is 12.1 Å². The average Bonchev–Trinajstić information content (AvgIpc) is 2.88. The summed E-state index contributed by atoms with van der Waals surface area (Å²) >= 11 is 3.39. The second-order valence-corrected chi connectivity index (χ2v) is 6.81. The molecule has 0 amide bonds. The van der Waals surface area contributed by atoms with Crippen LogP contribution in [0, 0.1) is 17.2 Å². The van der Waals surface area contributed by atoms with Gasteiger partial charge >= 0.3 is 5.97 Å². The Balaban J connectivity index is 2.11. The molecule has 21 heavy (non-hydrogen) atoms. The summed E-state index contributed by atoms with van der Waals surface area (Å²) in [6.07, 6.45) is 6.63. The normalized spacial score (nSPS) is 17.5. The lowest BCUT2D eigenvalue weighted by molar-refractivity contribution is 0.0233. The summed E-state index contributed by atoms with van der Waals surface area (Å²) in [7, 11) is 0. The van der Waals surface area contributed by atoms with Gasteiger partial charge in [0.1, 0.15) is 11.8 Å². The number of carbonyl (C=O) groups excluding carboxylic acids is 1. The summed E-state index contributed by atoms with van der Waals surface area (Å²) in [6.45, 7) is 4.01. The molecule has 2 rings (SSSR count). The fourth-order valence-electron chi connectivity index (χ4n) is 2.88. The molecule has 1 aliphatic rings. The molecule has 114 valence electrons. The Morgan fingerprint density at radius 1 is 1.43 bits per heavy atom. The second kappa shape index (κ2) is 7.13. The van der Waals surface area contributed by atoms with Gasteiger partial charge in [0.05, 0.1) is 0 Å². The van der Waals surface area contributed by atoms with E-state index in [0.29, 0.717) is 5.69 Å². The average molecular weight is 353 g/mol. The number of nitriles is 1. The predicted octanol–water partition coefficient (Wildman–Crippen LogP) is 4.46. The van der Waals surface area contributed by atoms with Crippen LogP contribution in [-0.4, -0.2) is 16.6 Å². The highest BCUT2D eigenvalue weighted by Gasteiger charge is 2.28. The lowest BCUT2D eigenvalue weighted by atomic mass is 9.85. The van der Waals surface area contributed by atoms with Gasteiger partial charge in [0.2, 0.25) is 0 Å². The van der Waals surface area contributed by atoms with E-state index >= 15 is 0 Å². The first-order valence-corrected chi connectivity index (χ1v) is 8.30. The molecule has 0 aliphatic heterocycles. The summed E-state index contributed by atoms with van der Waals surface area (Å²) in [4.78, 5) is 12.4. The van der Waals surface area contributed by atoms with E-state index in [1.54, 1.807) is 6.07 Å². The van der Waals surface area contributed by atoms with Crippen molar-refractivity contribution in [2.24, 2.45) is 5.92 Å². The monoisotopic (exact) mass is 352 g/mol. The third kappa shape index (κ3) is 3.88. The van der Waals surface area contributed by atoms with E-state index in [2.05, 4.69) is 22.0 Å². The molecule has 0 saturated heterocycles. The molecule has 0 spiro atoms. The van der Waals surface area contributed by atoms with E-state index in [1.807, 2.05) is 24.6 Å². The van der Waals surface area contributed by atoms with Crippen molar-refractivity contribution in [1.82, 2.24) is 4.57 Å². The van der Waals surface area contributed by atoms with Gasteiger partial charge in [0, 0.05) is 22.6 Å². The number of nitrogens with zero attached hydrogens (tertiary/aromatic N) is 2. The molecular weight excluding hydrogens is 332 g/mol. The molecule has 0 unspecified atom stereocenters. The quantitative estimate of drug-likeness (QED) is 0.751. The Morgan fingerprint density at radius 2 is 2.10 bits per heavy atom. The molecule has 5 heteroatoms. The first kappa shape index (κ1) is 16.1. The first-order chi connectivity index (χ1) is 10.0. The summed E-state index contributed by atoms with van der Waals surface area (Å²) in [5.74, 6) is -0.231. The lowest BCUT2D eigenvalue weighted by Gasteiger charge is -2.25. The van der Waals surface area contributed by atoms with Crippen molar-refractivity contribution in [2.75, 3.05) is 0 Å². The Morgan fingerprint density at radius 3 is 2.67 bits per heavy atom. The highest BCUT2D eigenvalue weighted by molar-refractivity contribution is 9.10. The molecule has 1 fully saturated rings. The van der Waals surface area contributed by atoms with Crippen molar-refractivity contribution >= 4 is 21.9 Å². The van der Waals surface area contributed by atoms with Gasteiger partial charge < -0.3 is 9.30 Å². The predicted molar refractivity (Wildman–Crippen MR) is 83.9 cm³/mol. The van der Waals surface area contributed by atoms with Crippen molar-refractivity contribution < 1.29 is 9.53 Å². The van der Waals surface area contributed by atoms with Gasteiger partial charge in [-0.2, -0.15) is 5.26 Å². The van der Waals surface area contributed by atoms with Gasteiger partial charge in [-0.25, -0.2) is 4.79 Å². The Hall–Kier alpha value is -1.28. The molecule has 1 aliphatic carbocycles. The summed E-state index contributed by atoms with van der Waals surface area (Å²) in [5.41, 5.74) is 0.493. The number of aromatic nitrogens is 1. The maximum Gasteiger partial charge on any atom is 0.356 e. The highest BCUT2D eigenvalue weighted by atomic mass is 79.9. The molecule has 0 radical (unpaired) electrons. The SMILES string of the molecule is CC(C)n1cc(Br)cc1C(=O)O[C@H](C#N)C1CCCCC1. The highest BCUT2D eigenvalue weighted by Crippen LogP contribution is 2.29. The van der Waals surface area contributed by atoms with E-state index in [-0.39, 0.29) is 12.0 Å². The maximum absolute atomic E-state index is 12.4. The Kier molecular flexibility index (Phi) is 5.46. The third-order valence-electron chi connectivity index (χ3n) is 4.02. The van der Waals surface area contributed by atoms with Crippen LogP contribution < -0.4 is 0 Å². The molecular formula is C16H21BrN2O2. The zero-order valence-electron chi connectivity index (χ0n) is 12.5. The molecule has 0 N–H and O–H groups in total. The van der Waals surface area contributed by atoms with Crippen molar-refractivity contribution in [2.45, 2.75) is 58.1 Å². The van der Waals surface area contributed by atoms with E-state index in [0.717, 1.165) is 30.2 Å². The van der Waals surface area contributed by atoms with Crippen molar-refractivity contribution in [3.63, 3.8) is 0 Å². The zero-order chi connectivity index (χ0) is 15.4. The smallest absolute Gasteiger partial charge is 0.356 e. The van der Waals surface area contributed by atoms with Crippen molar-refractivity contribution in [1.29, 1.82) is 5.26 Å². The summed E-state index contributed by atoms with van der Waals surface area (Å²) < 4.78 is 8.19. The number of ether oxygens (including phenoxy) is 1. The molecule has 0 aromatic carbocycles. The topological polar surface area (TPSA) is 55.0 Å². The molecule has 1 aromatic heterocycles. The number of esters is 1. The fraction of sp³-hybridized carbons (Fsp3) is 0.625. The van der Waals surface area contributed by atoms with Gasteiger partial charge in [0.25, 0.3) is 0 Å². The summed E-state index contributed by atoms with van der Waals surface area (Å²) in [5, 5.41) is 9.31. The number of carbonyl (C=O) groups is 1. The second-order valence-electron chi connectivity index (χ2n) is 5.90. The zero-order valence-corrected chi connectivity index (χ0v) is 14.1. The van der Waals surface area contributed by atoms with E-state index in [1.165, 1.54) is 6.42 Å². The Labute approximate surface area is 134 Å². The van der Waals surface area contributed by atoms with Gasteiger partial charge in [-0.05, 0) is 48.7 Å². The van der Waals surface area contributed by atoms with Gasteiger partial charge in [-0.15, -0.1) is 0 Å². The number of rotatable bonds is 4. The van der Waals surface area contributed by atoms with Crippen LogP contribution in [0.25, 0.3) is 0 Å². The van der Waals surface area contributed by atoms with Crippen LogP contribution in [0.1, 0.15) is 62.5 Å². The van der Waals surface area contributed by atoms with Gasteiger partial charge in [-0.1, -0.05) is 19.3 Å². The van der Waals surface area contributed by atoms with Crippen LogP contribution in [-0.2, 0) is 4.74 Å². The molecule has 1 saturated carbocycles. The molecule has 4 nitrogen and oxygen atoms in total. The number of hydrogen-bond donors (Lipinski definition) is 0. The lowest BCUT2D eigenvalue weighted by Crippen LogP contribution is -2.28. The number of hydrogen-bond acceptors (Lipinski definition) is 3. The van der Waals surface area contributed by atoms with Crippen LogP contribution in [0.3, 0.4) is 0 Å². The molecule has 0 bridgehead atoms. The van der Waals surface area contributed by atoms with Crippen molar-refractivity contribution in [3.05, 3.63) is 22.4 Å². The Bertz CT molecular complexity index is 539. The van der Waals surface area contributed by atoms with Crippen LogP contribution in [0.5, 0.6) is 0 Å². The minimum absolute atomic E-state index is 0.161. The largest absolute Gasteiger partial charge is 0.442 e. The van der Waals surface area contributed by atoms with Crippen LogP contribution in [0.15, 0.2) is 16.7 Å². The maximum atomic E-state index is 12.4. The van der Waals surface area contributed by atoms with E-state index in [4.69, 9.17) is 4.74 Å². The summed E-state index contributed by atoms with van der Waals surface area (Å²) in [6, 6.07) is 4.07. The molecule has 1 heterocycles. The van der Waals surface area contributed by atoms with Gasteiger partial charge in [-0.3, -0.25) is 0 Å². The minimum atomic E-state index is -0.632. The van der Waals surface area contributed by atoms with Crippen molar-refractivity contribution in [3.8, 4) is 6.07 Å². The number of halogens is 1. The van der Waals surface area contributed by atoms with E-state index in [9.17, 15) is 10.1 Å². The van der Waals surface area contributed by atoms with Crippen LogP contribution >= 0.6 is 15.9 Å². The van der Waals surface area contributed by atoms with Crippen LogP contribution in [0.2, 0.25) is 0 Å². The van der Waals surface area contributed by atoms with Crippen LogP contribution in [0.4, 0.5) is 0 Å². The third-order valence-corrected chi connectivity index (χ3v) is 4.45. The standard InChI is InChI=1S/C16H21BrN2O2/c1-11(2)19-10-13(17)8-14(19)16(20)21-15(9-18)12-6-4-3-5-7-12/h8,10-12,15H,3-7H2,1-2H3/t15-/m1/s1. The fourth-order valence-corrected chi connectivity index (χ4v) is 3.31. The van der Waals surface area contributed by atoms with Gasteiger partial charge in [0.15, 0.2) is 6.10 Å². The first-order valence-electron chi connectivity index (χ1n) is 7.51. The minimum Gasteiger partial charge on any atom is -0.442 e.